The minimum absolute atomic E-state index is 0.123. The normalized spacial score (nSPS) is 11.1. The van der Waals surface area contributed by atoms with Gasteiger partial charge < -0.3 is 5.32 Å². The second-order valence-corrected chi connectivity index (χ2v) is 6.62. The van der Waals surface area contributed by atoms with Crippen LogP contribution in [0.2, 0.25) is 0 Å². The van der Waals surface area contributed by atoms with Crippen molar-refractivity contribution in [2.24, 2.45) is 0 Å². The molecule has 4 rings (SSSR count). The van der Waals surface area contributed by atoms with Crippen LogP contribution in [0.4, 0.5) is 0 Å². The third kappa shape index (κ3) is 3.06. The lowest BCUT2D eigenvalue weighted by molar-refractivity contribution is 0.0945. The van der Waals surface area contributed by atoms with E-state index in [4.69, 9.17) is 0 Å². The van der Waals surface area contributed by atoms with Crippen LogP contribution in [0, 0.1) is 6.92 Å². The zero-order chi connectivity index (χ0) is 17.2. The Hall–Kier alpha value is -2.93. The lowest BCUT2D eigenvalue weighted by Crippen LogP contribution is -2.29. The molecule has 0 aliphatic rings. The van der Waals surface area contributed by atoms with Crippen molar-refractivity contribution < 1.29 is 4.79 Å². The van der Waals surface area contributed by atoms with Crippen molar-refractivity contribution in [3.63, 3.8) is 0 Å². The average Bonchev–Trinajstić information content (AvgIpc) is 3.33. The number of aromatic nitrogens is 4. The van der Waals surface area contributed by atoms with Gasteiger partial charge in [-0.25, -0.2) is 4.98 Å². The summed E-state index contributed by atoms with van der Waals surface area (Å²) in [6.07, 6.45) is 3.78. The number of aryl methyl sites for hydroxylation is 1. The molecule has 6 nitrogen and oxygen atoms in total. The first-order valence-corrected chi connectivity index (χ1v) is 8.89. The maximum atomic E-state index is 12.5. The van der Waals surface area contributed by atoms with Crippen LogP contribution in [0.15, 0.2) is 54.2 Å². The molecule has 0 saturated carbocycles. The first-order valence-electron chi connectivity index (χ1n) is 8.01. The van der Waals surface area contributed by atoms with Crippen molar-refractivity contribution in [1.29, 1.82) is 0 Å². The predicted molar refractivity (Wildman–Crippen MR) is 97.8 cm³/mol. The number of amides is 1. The number of rotatable bonds is 5. The van der Waals surface area contributed by atoms with E-state index in [0.717, 1.165) is 21.9 Å². The van der Waals surface area contributed by atoms with Gasteiger partial charge in [0.05, 0.1) is 17.1 Å². The van der Waals surface area contributed by atoms with Gasteiger partial charge in [-0.2, -0.15) is 5.10 Å². The molecule has 0 fully saturated rings. The van der Waals surface area contributed by atoms with E-state index in [1.807, 2.05) is 70.2 Å². The summed E-state index contributed by atoms with van der Waals surface area (Å²) in [4.78, 5) is 18.1. The smallest absolute Gasteiger partial charge is 0.270 e. The molecule has 4 aromatic heterocycles. The minimum Gasteiger partial charge on any atom is -0.349 e. The summed E-state index contributed by atoms with van der Waals surface area (Å²) in [5.41, 5.74) is 3.04. The summed E-state index contributed by atoms with van der Waals surface area (Å²) in [6.45, 7) is 2.97. The van der Waals surface area contributed by atoms with E-state index in [1.165, 1.54) is 0 Å². The summed E-state index contributed by atoms with van der Waals surface area (Å²) >= 11 is 1.66. The summed E-state index contributed by atoms with van der Waals surface area (Å²) in [7, 11) is 0. The molecule has 0 aliphatic carbocycles. The van der Waals surface area contributed by atoms with E-state index in [1.54, 1.807) is 11.3 Å². The van der Waals surface area contributed by atoms with Crippen molar-refractivity contribution >= 4 is 22.9 Å². The summed E-state index contributed by atoms with van der Waals surface area (Å²) in [5.74, 6) is -0.123. The van der Waals surface area contributed by atoms with Crippen molar-refractivity contribution in [3.8, 4) is 10.6 Å². The van der Waals surface area contributed by atoms with E-state index in [2.05, 4.69) is 15.4 Å². The highest BCUT2D eigenvalue weighted by Crippen LogP contribution is 2.22. The molecule has 7 heteroatoms. The minimum atomic E-state index is -0.123. The maximum absolute atomic E-state index is 12.5. The molecule has 4 aromatic rings. The zero-order valence-corrected chi connectivity index (χ0v) is 14.5. The van der Waals surface area contributed by atoms with Gasteiger partial charge in [-0.3, -0.25) is 13.9 Å². The van der Waals surface area contributed by atoms with Crippen LogP contribution in [0.3, 0.4) is 0 Å². The molecule has 0 atom stereocenters. The monoisotopic (exact) mass is 351 g/mol. The molecule has 1 amide bonds. The zero-order valence-electron chi connectivity index (χ0n) is 13.7. The third-order valence-corrected chi connectivity index (χ3v) is 4.85. The first kappa shape index (κ1) is 15.6. The standard InChI is InChI=1S/C18H17N5OS/c1-13-17(23-9-3-2-6-16(23)20-13)18(24)19-8-11-22-10-7-14(21-22)15-5-4-12-25-15/h2-7,9-10,12H,8,11H2,1H3,(H,19,24). The molecule has 0 unspecified atom stereocenters. The van der Waals surface area contributed by atoms with Gasteiger partial charge in [-0.15, -0.1) is 11.3 Å². The fourth-order valence-corrected chi connectivity index (χ4v) is 3.49. The quantitative estimate of drug-likeness (QED) is 0.601. The highest BCUT2D eigenvalue weighted by atomic mass is 32.1. The van der Waals surface area contributed by atoms with E-state index < -0.39 is 0 Å². The summed E-state index contributed by atoms with van der Waals surface area (Å²) in [6, 6.07) is 11.7. The van der Waals surface area contributed by atoms with Gasteiger partial charge in [0.1, 0.15) is 17.0 Å². The van der Waals surface area contributed by atoms with Crippen LogP contribution in [0.25, 0.3) is 16.2 Å². The molecular formula is C18H17N5OS. The van der Waals surface area contributed by atoms with Gasteiger partial charge in [-0.05, 0) is 36.6 Å². The van der Waals surface area contributed by atoms with Crippen molar-refractivity contribution in [2.45, 2.75) is 13.5 Å². The molecule has 0 radical (unpaired) electrons. The number of fused-ring (bicyclic) bond motifs is 1. The van der Waals surface area contributed by atoms with Crippen LogP contribution in [-0.2, 0) is 6.54 Å². The van der Waals surface area contributed by atoms with Gasteiger partial charge in [0, 0.05) is 18.9 Å². The molecule has 0 aliphatic heterocycles. The second-order valence-electron chi connectivity index (χ2n) is 5.67. The Bertz CT molecular complexity index is 1020. The molecule has 0 aromatic carbocycles. The van der Waals surface area contributed by atoms with Gasteiger partial charge in [0.25, 0.3) is 5.91 Å². The van der Waals surface area contributed by atoms with Crippen LogP contribution in [0.1, 0.15) is 16.2 Å². The highest BCUT2D eigenvalue weighted by molar-refractivity contribution is 7.13. The number of nitrogens with one attached hydrogen (secondary N) is 1. The molecule has 25 heavy (non-hydrogen) atoms. The fraction of sp³-hybridized carbons (Fsp3) is 0.167. The van der Waals surface area contributed by atoms with Crippen LogP contribution in [-0.4, -0.2) is 31.6 Å². The van der Waals surface area contributed by atoms with E-state index in [0.29, 0.717) is 18.8 Å². The van der Waals surface area contributed by atoms with Crippen molar-refractivity contribution in [2.75, 3.05) is 6.54 Å². The summed E-state index contributed by atoms with van der Waals surface area (Å²) in [5, 5.41) is 9.53. The number of hydrogen-bond donors (Lipinski definition) is 1. The molecule has 0 bridgehead atoms. The predicted octanol–water partition coefficient (Wildman–Crippen LogP) is 3.00. The number of thiophene rings is 1. The fourth-order valence-electron chi connectivity index (χ4n) is 2.80. The number of nitrogens with zero attached hydrogens (tertiary/aromatic N) is 4. The van der Waals surface area contributed by atoms with Gasteiger partial charge in [0.15, 0.2) is 0 Å². The Morgan fingerprint density at radius 2 is 2.12 bits per heavy atom. The van der Waals surface area contributed by atoms with Gasteiger partial charge in [0.2, 0.25) is 0 Å². The van der Waals surface area contributed by atoms with Gasteiger partial charge in [-0.1, -0.05) is 12.1 Å². The summed E-state index contributed by atoms with van der Waals surface area (Å²) < 4.78 is 3.66. The number of carbonyl (C=O) groups excluding carboxylic acids is 1. The number of carbonyl (C=O) groups is 1. The van der Waals surface area contributed by atoms with Crippen LogP contribution < -0.4 is 5.32 Å². The Labute approximate surface area is 148 Å². The lowest BCUT2D eigenvalue weighted by Gasteiger charge is -2.06. The molecule has 126 valence electrons. The molecule has 0 spiro atoms. The largest absolute Gasteiger partial charge is 0.349 e. The number of hydrogen-bond acceptors (Lipinski definition) is 4. The molecule has 1 N–H and O–H groups in total. The third-order valence-electron chi connectivity index (χ3n) is 3.96. The van der Waals surface area contributed by atoms with E-state index in [9.17, 15) is 4.79 Å². The molecule has 0 saturated heterocycles. The molecule has 4 heterocycles. The lowest BCUT2D eigenvalue weighted by atomic mass is 10.3. The SMILES string of the molecule is Cc1nc2ccccn2c1C(=O)NCCn1ccc(-c2cccs2)n1. The average molecular weight is 351 g/mol. The van der Waals surface area contributed by atoms with E-state index in [-0.39, 0.29) is 5.91 Å². The Balaban J connectivity index is 1.41. The first-order chi connectivity index (χ1) is 12.2. The van der Waals surface area contributed by atoms with Crippen molar-refractivity contribution in [1.82, 2.24) is 24.5 Å². The highest BCUT2D eigenvalue weighted by Gasteiger charge is 2.15. The molecular weight excluding hydrogens is 334 g/mol. The van der Waals surface area contributed by atoms with E-state index >= 15 is 0 Å². The Morgan fingerprint density at radius 3 is 2.96 bits per heavy atom. The van der Waals surface area contributed by atoms with Crippen LogP contribution >= 0.6 is 11.3 Å². The van der Waals surface area contributed by atoms with Crippen LogP contribution in [0.5, 0.6) is 0 Å². The second kappa shape index (κ2) is 6.52. The number of imidazole rings is 1. The van der Waals surface area contributed by atoms with Gasteiger partial charge >= 0.3 is 0 Å². The Kier molecular flexibility index (Phi) is 4.07. The number of pyridine rings is 1. The Morgan fingerprint density at radius 1 is 1.20 bits per heavy atom. The topological polar surface area (TPSA) is 64.2 Å². The van der Waals surface area contributed by atoms with Crippen molar-refractivity contribution in [3.05, 3.63) is 65.6 Å². The maximum Gasteiger partial charge on any atom is 0.270 e.